The number of H-pyrrole nitrogens is 1. The summed E-state index contributed by atoms with van der Waals surface area (Å²) in [7, 11) is 0. The molecule has 3 aromatic rings. The van der Waals surface area contributed by atoms with E-state index in [0.717, 1.165) is 15.9 Å². The number of hydrogen-bond donors (Lipinski definition) is 2. The molecule has 0 spiro atoms. The highest BCUT2D eigenvalue weighted by Gasteiger charge is 2.09. The molecule has 3 rings (SSSR count). The quantitative estimate of drug-likeness (QED) is 0.772. The molecular weight excluding hydrogens is 324 g/mol. The number of carbonyl (C=O) groups is 1. The first kappa shape index (κ1) is 12.6. The Labute approximate surface area is 122 Å². The lowest BCUT2D eigenvalue weighted by Gasteiger charge is -2.04. The zero-order valence-electron chi connectivity index (χ0n) is 10.1. The number of carboxylic acids is 1. The first-order chi connectivity index (χ1) is 9.65. The van der Waals surface area contributed by atoms with E-state index in [2.05, 4.69) is 31.2 Å². The molecule has 0 aliphatic carbocycles. The van der Waals surface area contributed by atoms with Crippen molar-refractivity contribution in [1.82, 2.24) is 20.0 Å². The van der Waals surface area contributed by atoms with Gasteiger partial charge in [0.05, 0.1) is 17.6 Å². The third-order valence-electron chi connectivity index (χ3n) is 2.81. The number of rotatable bonds is 3. The van der Waals surface area contributed by atoms with Crippen molar-refractivity contribution in [3.05, 3.63) is 52.9 Å². The van der Waals surface area contributed by atoms with Crippen LogP contribution in [0.2, 0.25) is 0 Å². The fourth-order valence-electron chi connectivity index (χ4n) is 1.83. The molecule has 0 bridgehead atoms. The van der Waals surface area contributed by atoms with Crippen molar-refractivity contribution in [3.8, 4) is 16.9 Å². The van der Waals surface area contributed by atoms with Crippen LogP contribution in [0.5, 0.6) is 0 Å². The van der Waals surface area contributed by atoms with Crippen molar-refractivity contribution in [3.63, 3.8) is 0 Å². The van der Waals surface area contributed by atoms with E-state index in [-0.39, 0.29) is 5.69 Å². The van der Waals surface area contributed by atoms with Crippen LogP contribution in [0.1, 0.15) is 10.5 Å². The standard InChI is InChI=1S/C13H9BrN4O2/c14-12-5-6-15-18(12)9-3-1-8(2-4-9)10-7-11(13(19)20)17-16-10/h1-7H,(H,16,17)(H,19,20). The van der Waals surface area contributed by atoms with Gasteiger partial charge in [-0.1, -0.05) is 12.1 Å². The highest BCUT2D eigenvalue weighted by molar-refractivity contribution is 9.10. The van der Waals surface area contributed by atoms with Gasteiger partial charge in [0.1, 0.15) is 10.3 Å². The number of benzene rings is 1. The molecular formula is C13H9BrN4O2. The SMILES string of the molecule is O=C(O)c1cc(-c2ccc(-n3nccc3Br)cc2)n[nH]1. The van der Waals surface area contributed by atoms with Gasteiger partial charge in [-0.3, -0.25) is 5.10 Å². The van der Waals surface area contributed by atoms with E-state index in [1.54, 1.807) is 10.9 Å². The average molecular weight is 333 g/mol. The number of carboxylic acid groups (broad SMARTS) is 1. The molecule has 0 saturated carbocycles. The van der Waals surface area contributed by atoms with Crippen LogP contribution in [-0.2, 0) is 0 Å². The molecule has 0 unspecified atom stereocenters. The Morgan fingerprint density at radius 3 is 2.55 bits per heavy atom. The number of nitrogens with zero attached hydrogens (tertiary/aromatic N) is 3. The van der Waals surface area contributed by atoms with E-state index in [1.165, 1.54) is 6.07 Å². The van der Waals surface area contributed by atoms with Gasteiger partial charge in [-0.15, -0.1) is 0 Å². The van der Waals surface area contributed by atoms with E-state index in [4.69, 9.17) is 5.11 Å². The normalized spacial score (nSPS) is 10.7. The van der Waals surface area contributed by atoms with Gasteiger partial charge in [-0.05, 0) is 40.2 Å². The molecule has 0 aliphatic rings. The molecule has 0 aliphatic heterocycles. The number of aromatic amines is 1. The maximum atomic E-state index is 10.8. The lowest BCUT2D eigenvalue weighted by molar-refractivity contribution is 0.0690. The molecule has 2 N–H and O–H groups in total. The van der Waals surface area contributed by atoms with Crippen molar-refractivity contribution in [2.24, 2.45) is 0 Å². The molecule has 0 amide bonds. The third kappa shape index (κ3) is 2.23. The highest BCUT2D eigenvalue weighted by Crippen LogP contribution is 2.21. The molecule has 0 fully saturated rings. The van der Waals surface area contributed by atoms with E-state index < -0.39 is 5.97 Å². The van der Waals surface area contributed by atoms with E-state index in [0.29, 0.717) is 5.69 Å². The fraction of sp³-hybridized carbons (Fsp3) is 0. The second kappa shape index (κ2) is 4.93. The fourth-order valence-corrected chi connectivity index (χ4v) is 2.24. The molecule has 6 nitrogen and oxygen atoms in total. The van der Waals surface area contributed by atoms with Crippen LogP contribution in [-0.4, -0.2) is 31.1 Å². The molecule has 7 heteroatoms. The van der Waals surface area contributed by atoms with Crippen molar-refractivity contribution in [2.75, 3.05) is 0 Å². The maximum absolute atomic E-state index is 10.8. The van der Waals surface area contributed by atoms with Crippen molar-refractivity contribution >= 4 is 21.9 Å². The highest BCUT2D eigenvalue weighted by atomic mass is 79.9. The Morgan fingerprint density at radius 2 is 2.00 bits per heavy atom. The second-order valence-corrected chi connectivity index (χ2v) is 4.90. The summed E-state index contributed by atoms with van der Waals surface area (Å²) >= 11 is 3.40. The lowest BCUT2D eigenvalue weighted by atomic mass is 10.1. The Hall–Kier alpha value is -2.41. The minimum Gasteiger partial charge on any atom is -0.477 e. The Morgan fingerprint density at radius 1 is 1.25 bits per heavy atom. The summed E-state index contributed by atoms with van der Waals surface area (Å²) < 4.78 is 2.61. The molecule has 100 valence electrons. The van der Waals surface area contributed by atoms with Gasteiger partial charge in [0.2, 0.25) is 0 Å². The first-order valence-electron chi connectivity index (χ1n) is 5.74. The van der Waals surface area contributed by atoms with Gasteiger partial charge < -0.3 is 5.11 Å². The Balaban J connectivity index is 1.93. The number of halogens is 1. The predicted molar refractivity (Wildman–Crippen MR) is 75.8 cm³/mol. The van der Waals surface area contributed by atoms with E-state index >= 15 is 0 Å². The number of hydrogen-bond acceptors (Lipinski definition) is 3. The van der Waals surface area contributed by atoms with Crippen LogP contribution in [0.15, 0.2) is 47.2 Å². The van der Waals surface area contributed by atoms with Crippen LogP contribution >= 0.6 is 15.9 Å². The summed E-state index contributed by atoms with van der Waals surface area (Å²) in [5.41, 5.74) is 2.40. The van der Waals surface area contributed by atoms with Crippen LogP contribution in [0, 0.1) is 0 Å². The summed E-state index contributed by atoms with van der Waals surface area (Å²) in [6, 6.07) is 10.9. The molecule has 20 heavy (non-hydrogen) atoms. The van der Waals surface area contributed by atoms with E-state index in [9.17, 15) is 4.79 Å². The van der Waals surface area contributed by atoms with Gasteiger partial charge in [-0.25, -0.2) is 9.48 Å². The Kier molecular flexibility index (Phi) is 3.11. The predicted octanol–water partition coefficient (Wildman–Crippen LogP) is 2.72. The van der Waals surface area contributed by atoms with Crippen molar-refractivity contribution in [1.29, 1.82) is 0 Å². The third-order valence-corrected chi connectivity index (χ3v) is 3.41. The summed E-state index contributed by atoms with van der Waals surface area (Å²) in [6.45, 7) is 0. The largest absolute Gasteiger partial charge is 0.477 e. The van der Waals surface area contributed by atoms with E-state index in [1.807, 2.05) is 30.3 Å². The van der Waals surface area contributed by atoms with Gasteiger partial charge in [0.15, 0.2) is 0 Å². The number of aromatic carboxylic acids is 1. The van der Waals surface area contributed by atoms with Gasteiger partial charge in [-0.2, -0.15) is 10.2 Å². The number of aromatic nitrogens is 4. The Bertz CT molecular complexity index is 761. The molecule has 0 saturated heterocycles. The minimum atomic E-state index is -1.03. The van der Waals surface area contributed by atoms with Gasteiger partial charge >= 0.3 is 5.97 Å². The maximum Gasteiger partial charge on any atom is 0.353 e. The smallest absolute Gasteiger partial charge is 0.353 e. The van der Waals surface area contributed by atoms with Crippen LogP contribution in [0.3, 0.4) is 0 Å². The van der Waals surface area contributed by atoms with Crippen molar-refractivity contribution in [2.45, 2.75) is 0 Å². The van der Waals surface area contributed by atoms with Crippen LogP contribution < -0.4 is 0 Å². The zero-order valence-corrected chi connectivity index (χ0v) is 11.7. The van der Waals surface area contributed by atoms with Gasteiger partial charge in [0, 0.05) is 5.56 Å². The molecule has 2 heterocycles. The lowest BCUT2D eigenvalue weighted by Crippen LogP contribution is -1.95. The topological polar surface area (TPSA) is 83.8 Å². The summed E-state index contributed by atoms with van der Waals surface area (Å²) in [6.07, 6.45) is 1.70. The van der Waals surface area contributed by atoms with Crippen LogP contribution in [0.25, 0.3) is 16.9 Å². The summed E-state index contributed by atoms with van der Waals surface area (Å²) in [5, 5.41) is 19.5. The zero-order chi connectivity index (χ0) is 14.1. The molecule has 1 aromatic carbocycles. The molecule has 2 aromatic heterocycles. The first-order valence-corrected chi connectivity index (χ1v) is 6.53. The minimum absolute atomic E-state index is 0.0684. The van der Waals surface area contributed by atoms with Gasteiger partial charge in [0.25, 0.3) is 0 Å². The number of nitrogens with one attached hydrogen (secondary N) is 1. The average Bonchev–Trinajstić information content (AvgIpc) is 3.07. The second-order valence-electron chi connectivity index (χ2n) is 4.08. The molecule has 0 atom stereocenters. The summed E-state index contributed by atoms with van der Waals surface area (Å²) in [5.74, 6) is -1.03. The monoisotopic (exact) mass is 332 g/mol. The summed E-state index contributed by atoms with van der Waals surface area (Å²) in [4.78, 5) is 10.8. The van der Waals surface area contributed by atoms with Crippen molar-refractivity contribution < 1.29 is 9.90 Å². The molecule has 0 radical (unpaired) electrons. The van der Waals surface area contributed by atoms with Crippen LogP contribution in [0.4, 0.5) is 0 Å².